The van der Waals surface area contributed by atoms with Gasteiger partial charge in [-0.2, -0.15) is 0 Å². The fourth-order valence-electron chi connectivity index (χ4n) is 4.30. The summed E-state index contributed by atoms with van der Waals surface area (Å²) in [7, 11) is 0. The monoisotopic (exact) mass is 397 g/mol. The number of primary amides is 1. The van der Waals surface area contributed by atoms with Crippen LogP contribution < -0.4 is 5.73 Å². The van der Waals surface area contributed by atoms with E-state index in [0.717, 1.165) is 24.0 Å². The lowest BCUT2D eigenvalue weighted by molar-refractivity contribution is 0.0633. The van der Waals surface area contributed by atoms with Crippen molar-refractivity contribution in [2.75, 3.05) is 0 Å². The molecule has 4 nitrogen and oxygen atoms in total. The molecule has 0 atom stereocenters. The van der Waals surface area contributed by atoms with Crippen LogP contribution in [0.25, 0.3) is 11.1 Å². The fourth-order valence-corrected chi connectivity index (χ4v) is 4.30. The van der Waals surface area contributed by atoms with Gasteiger partial charge in [0, 0.05) is 0 Å². The second-order valence-electron chi connectivity index (χ2n) is 9.04. The van der Waals surface area contributed by atoms with E-state index in [2.05, 4.69) is 44.6 Å². The van der Waals surface area contributed by atoms with Crippen molar-refractivity contribution >= 4 is 12.1 Å². The number of nitrogens with two attached hydrogens (primary N) is 1. The maximum atomic E-state index is 15.1. The lowest BCUT2D eigenvalue weighted by Gasteiger charge is -2.42. The second-order valence-corrected chi connectivity index (χ2v) is 9.04. The predicted octanol–water partition coefficient (Wildman–Crippen LogP) is 5.64. The van der Waals surface area contributed by atoms with E-state index in [9.17, 15) is 9.59 Å². The van der Waals surface area contributed by atoms with E-state index in [1.807, 2.05) is 13.0 Å². The Morgan fingerprint density at radius 1 is 1.03 bits per heavy atom. The first-order valence-electron chi connectivity index (χ1n) is 9.96. The van der Waals surface area contributed by atoms with Crippen molar-refractivity contribution in [1.29, 1.82) is 0 Å². The predicted molar refractivity (Wildman–Crippen MR) is 111 cm³/mol. The van der Waals surface area contributed by atoms with E-state index in [-0.39, 0.29) is 16.4 Å². The SMILES string of the molecule is CCc1c(-c2ccc3c(c2)C(C)(C)CCC3(C)C)ccc(C(=O)OC(N)=O)c1F. The highest BCUT2D eigenvalue weighted by Gasteiger charge is 2.37. The van der Waals surface area contributed by atoms with E-state index < -0.39 is 17.9 Å². The van der Waals surface area contributed by atoms with Crippen LogP contribution in [0.5, 0.6) is 0 Å². The van der Waals surface area contributed by atoms with Crippen LogP contribution in [0.2, 0.25) is 0 Å². The van der Waals surface area contributed by atoms with E-state index in [4.69, 9.17) is 5.73 Å². The smallest absolute Gasteiger partial charge is 0.373 e. The summed E-state index contributed by atoms with van der Waals surface area (Å²) >= 11 is 0. The van der Waals surface area contributed by atoms with Crippen molar-refractivity contribution in [2.45, 2.75) is 64.7 Å². The Hall–Kier alpha value is -2.69. The highest BCUT2D eigenvalue weighted by Crippen LogP contribution is 2.47. The average molecular weight is 397 g/mol. The molecule has 0 fully saturated rings. The number of rotatable bonds is 3. The van der Waals surface area contributed by atoms with Crippen LogP contribution >= 0.6 is 0 Å². The number of halogens is 1. The van der Waals surface area contributed by atoms with Gasteiger partial charge in [0.1, 0.15) is 5.82 Å². The lowest BCUT2D eigenvalue weighted by Crippen LogP contribution is -2.33. The summed E-state index contributed by atoms with van der Waals surface area (Å²) in [6, 6.07) is 9.40. The molecule has 1 aliphatic carbocycles. The zero-order valence-corrected chi connectivity index (χ0v) is 17.7. The minimum Gasteiger partial charge on any atom is -0.373 e. The highest BCUT2D eigenvalue weighted by atomic mass is 19.1. The number of hydrogen-bond acceptors (Lipinski definition) is 3. The van der Waals surface area contributed by atoms with Crippen LogP contribution in [0.4, 0.5) is 9.18 Å². The number of amides is 1. The highest BCUT2D eigenvalue weighted by molar-refractivity contribution is 5.97. The molecule has 0 saturated heterocycles. The van der Waals surface area contributed by atoms with E-state index in [1.54, 1.807) is 6.07 Å². The number of carbonyl (C=O) groups is 2. The Labute approximate surface area is 171 Å². The van der Waals surface area contributed by atoms with Gasteiger partial charge in [-0.05, 0) is 64.0 Å². The molecule has 0 bridgehead atoms. The molecule has 0 aromatic heterocycles. The molecule has 0 heterocycles. The van der Waals surface area contributed by atoms with Gasteiger partial charge < -0.3 is 10.5 Å². The van der Waals surface area contributed by atoms with Crippen LogP contribution in [-0.2, 0) is 22.0 Å². The van der Waals surface area contributed by atoms with Crippen molar-refractivity contribution in [3.05, 3.63) is 58.4 Å². The van der Waals surface area contributed by atoms with Crippen molar-refractivity contribution in [2.24, 2.45) is 5.73 Å². The molecule has 0 spiro atoms. The summed E-state index contributed by atoms with van der Waals surface area (Å²) in [4.78, 5) is 22.8. The Bertz CT molecular complexity index is 992. The molecule has 154 valence electrons. The summed E-state index contributed by atoms with van der Waals surface area (Å²) in [5.74, 6) is -1.75. The Morgan fingerprint density at radius 2 is 1.66 bits per heavy atom. The van der Waals surface area contributed by atoms with E-state index in [1.165, 1.54) is 17.2 Å². The van der Waals surface area contributed by atoms with Crippen molar-refractivity contribution in [1.82, 2.24) is 0 Å². The molecule has 0 saturated carbocycles. The zero-order valence-electron chi connectivity index (χ0n) is 17.7. The number of hydrogen-bond donors (Lipinski definition) is 1. The van der Waals surface area contributed by atoms with Gasteiger partial charge in [-0.3, -0.25) is 0 Å². The molecule has 2 aromatic carbocycles. The first-order chi connectivity index (χ1) is 13.5. The van der Waals surface area contributed by atoms with Gasteiger partial charge in [-0.25, -0.2) is 14.0 Å². The molecule has 1 amide bonds. The van der Waals surface area contributed by atoms with Gasteiger partial charge in [-0.1, -0.05) is 58.9 Å². The van der Waals surface area contributed by atoms with Gasteiger partial charge in [0.25, 0.3) is 0 Å². The normalized spacial score (nSPS) is 16.8. The molecular formula is C24H28FNO3. The van der Waals surface area contributed by atoms with Gasteiger partial charge in [0.2, 0.25) is 0 Å². The summed E-state index contributed by atoms with van der Waals surface area (Å²) in [6.45, 7) is 10.8. The number of ether oxygens (including phenoxy) is 1. The maximum Gasteiger partial charge on any atom is 0.412 e. The zero-order chi connectivity index (χ0) is 21.6. The fraction of sp³-hybridized carbons (Fsp3) is 0.417. The Morgan fingerprint density at radius 3 is 2.24 bits per heavy atom. The van der Waals surface area contributed by atoms with Crippen LogP contribution in [0.1, 0.15) is 74.5 Å². The van der Waals surface area contributed by atoms with Gasteiger partial charge in [0.05, 0.1) is 5.56 Å². The molecule has 0 radical (unpaired) electrons. The third-order valence-electron chi connectivity index (χ3n) is 6.17. The number of esters is 1. The molecule has 1 aliphatic rings. The standard InChI is InChI=1S/C24H28FNO3/c1-6-15-16(8-9-17(20(15)25)21(27)29-22(26)28)14-7-10-18-19(13-14)24(4,5)12-11-23(18,2)3/h7-10,13H,6,11-12H2,1-5H3,(H2,26,28). The Kier molecular flexibility index (Phi) is 5.28. The lowest BCUT2D eigenvalue weighted by atomic mass is 9.63. The first-order valence-corrected chi connectivity index (χ1v) is 9.96. The summed E-state index contributed by atoms with van der Waals surface area (Å²) in [5.41, 5.74) is 9.42. The summed E-state index contributed by atoms with van der Waals surface area (Å²) < 4.78 is 19.4. The molecule has 2 aromatic rings. The van der Waals surface area contributed by atoms with Crippen molar-refractivity contribution in [3.8, 4) is 11.1 Å². The quantitative estimate of drug-likeness (QED) is 0.538. The second kappa shape index (κ2) is 7.29. The van der Waals surface area contributed by atoms with Crippen LogP contribution in [-0.4, -0.2) is 12.1 Å². The minimum absolute atomic E-state index is 0.0387. The topological polar surface area (TPSA) is 69.4 Å². The van der Waals surface area contributed by atoms with Crippen LogP contribution in [0.15, 0.2) is 30.3 Å². The third kappa shape index (κ3) is 3.78. The molecule has 0 aliphatic heterocycles. The maximum absolute atomic E-state index is 15.1. The third-order valence-corrected chi connectivity index (χ3v) is 6.17. The van der Waals surface area contributed by atoms with Gasteiger partial charge >= 0.3 is 12.1 Å². The largest absolute Gasteiger partial charge is 0.412 e. The number of benzene rings is 2. The van der Waals surface area contributed by atoms with Gasteiger partial charge in [-0.15, -0.1) is 0 Å². The molecule has 0 unspecified atom stereocenters. The first kappa shape index (κ1) is 21.0. The summed E-state index contributed by atoms with van der Waals surface area (Å²) in [6.07, 6.45) is 1.35. The molecule has 5 heteroatoms. The number of carbonyl (C=O) groups excluding carboxylic acids is 2. The molecule has 29 heavy (non-hydrogen) atoms. The van der Waals surface area contributed by atoms with Crippen molar-refractivity contribution < 1.29 is 18.7 Å². The molecular weight excluding hydrogens is 369 g/mol. The Balaban J connectivity index is 2.14. The van der Waals surface area contributed by atoms with Crippen molar-refractivity contribution in [3.63, 3.8) is 0 Å². The van der Waals surface area contributed by atoms with E-state index in [0.29, 0.717) is 12.0 Å². The molecule has 2 N–H and O–H groups in total. The van der Waals surface area contributed by atoms with Crippen LogP contribution in [0, 0.1) is 5.82 Å². The molecule has 3 rings (SSSR count). The van der Waals surface area contributed by atoms with E-state index >= 15 is 4.39 Å². The summed E-state index contributed by atoms with van der Waals surface area (Å²) in [5, 5.41) is 0. The number of fused-ring (bicyclic) bond motifs is 1. The van der Waals surface area contributed by atoms with Gasteiger partial charge in [0.15, 0.2) is 0 Å². The minimum atomic E-state index is -1.25. The average Bonchev–Trinajstić information content (AvgIpc) is 2.64. The van der Waals surface area contributed by atoms with Crippen LogP contribution in [0.3, 0.4) is 0 Å².